The van der Waals surface area contributed by atoms with Crippen molar-refractivity contribution in [2.45, 2.75) is 19.4 Å². The lowest BCUT2D eigenvalue weighted by atomic mass is 10.1. The summed E-state index contributed by atoms with van der Waals surface area (Å²) in [7, 11) is 0. The number of carbonyl (C=O) groups excluding carboxylic acids is 1. The summed E-state index contributed by atoms with van der Waals surface area (Å²) in [5, 5.41) is 4.92. The second-order valence-corrected chi connectivity index (χ2v) is 6.91. The molecule has 0 unspecified atom stereocenters. The Hall–Kier alpha value is -1.85. The monoisotopic (exact) mass is 389 g/mol. The van der Waals surface area contributed by atoms with Gasteiger partial charge in [-0.3, -0.25) is 4.79 Å². The number of furan rings is 1. The van der Waals surface area contributed by atoms with Crippen molar-refractivity contribution in [3.05, 3.63) is 69.7 Å². The number of hydrogen-bond donors (Lipinski definition) is 1. The van der Waals surface area contributed by atoms with Crippen LogP contribution in [0.1, 0.15) is 17.7 Å². The lowest BCUT2D eigenvalue weighted by Gasteiger charge is -2.05. The molecule has 3 nitrogen and oxygen atoms in total. The second-order valence-electron chi connectivity index (χ2n) is 5.11. The van der Waals surface area contributed by atoms with Crippen LogP contribution in [-0.2, 0) is 17.8 Å². The molecule has 0 spiro atoms. The summed E-state index contributed by atoms with van der Waals surface area (Å²) in [4.78, 5) is 13.1. The second kappa shape index (κ2) is 7.62. The molecule has 3 rings (SSSR count). The molecule has 0 bridgehead atoms. The van der Waals surface area contributed by atoms with E-state index in [2.05, 4.69) is 21.2 Å². The highest BCUT2D eigenvalue weighted by atomic mass is 79.9. The summed E-state index contributed by atoms with van der Waals surface area (Å²) in [6, 6.07) is 15.8. The van der Waals surface area contributed by atoms with Gasteiger partial charge in [0.2, 0.25) is 5.91 Å². The van der Waals surface area contributed by atoms with Crippen LogP contribution in [0.4, 0.5) is 0 Å². The molecule has 0 saturated heterocycles. The number of aryl methyl sites for hydroxylation is 1. The topological polar surface area (TPSA) is 42.2 Å². The Balaban J connectivity index is 1.49. The zero-order valence-corrected chi connectivity index (χ0v) is 14.8. The summed E-state index contributed by atoms with van der Waals surface area (Å²) >= 11 is 5.13. The van der Waals surface area contributed by atoms with Gasteiger partial charge in [-0.1, -0.05) is 40.2 Å². The Kier molecular flexibility index (Phi) is 5.31. The van der Waals surface area contributed by atoms with Crippen LogP contribution in [0.2, 0.25) is 0 Å². The van der Waals surface area contributed by atoms with Crippen LogP contribution < -0.4 is 5.32 Å². The largest absolute Gasteiger partial charge is 0.458 e. The van der Waals surface area contributed by atoms with Crippen LogP contribution in [0, 0.1) is 0 Å². The highest BCUT2D eigenvalue weighted by Gasteiger charge is 2.08. The third-order valence-electron chi connectivity index (χ3n) is 3.46. The van der Waals surface area contributed by atoms with Gasteiger partial charge in [-0.05, 0) is 41.6 Å². The van der Waals surface area contributed by atoms with Crippen molar-refractivity contribution in [2.75, 3.05) is 0 Å². The fourth-order valence-corrected chi connectivity index (χ4v) is 3.42. The van der Waals surface area contributed by atoms with E-state index in [1.165, 1.54) is 0 Å². The predicted molar refractivity (Wildman–Crippen MR) is 96.3 cm³/mol. The molecule has 0 aliphatic carbocycles. The molecule has 2 aromatic heterocycles. The van der Waals surface area contributed by atoms with E-state index in [4.69, 9.17) is 4.42 Å². The Morgan fingerprint density at radius 1 is 1.13 bits per heavy atom. The first-order chi connectivity index (χ1) is 11.2. The number of benzene rings is 1. The van der Waals surface area contributed by atoms with Gasteiger partial charge in [0, 0.05) is 10.9 Å². The number of halogens is 1. The molecular weight excluding hydrogens is 374 g/mol. The van der Waals surface area contributed by atoms with Crippen LogP contribution >= 0.6 is 27.3 Å². The van der Waals surface area contributed by atoms with Crippen molar-refractivity contribution in [3.63, 3.8) is 0 Å². The van der Waals surface area contributed by atoms with E-state index >= 15 is 0 Å². The smallest absolute Gasteiger partial charge is 0.220 e. The Morgan fingerprint density at radius 2 is 2.00 bits per heavy atom. The minimum atomic E-state index is 0.0230. The minimum absolute atomic E-state index is 0.0230. The van der Waals surface area contributed by atoms with Gasteiger partial charge in [0.05, 0.1) is 11.4 Å². The van der Waals surface area contributed by atoms with Crippen molar-refractivity contribution in [2.24, 2.45) is 0 Å². The van der Waals surface area contributed by atoms with Crippen LogP contribution in [0.3, 0.4) is 0 Å². The van der Waals surface area contributed by atoms with Crippen molar-refractivity contribution in [1.29, 1.82) is 0 Å². The molecule has 1 aromatic carbocycles. The van der Waals surface area contributed by atoms with Crippen molar-refractivity contribution < 1.29 is 9.21 Å². The molecular formula is C18H16BrNO2S. The maximum atomic E-state index is 12.0. The van der Waals surface area contributed by atoms with Gasteiger partial charge in [0.15, 0.2) is 0 Å². The molecule has 0 aliphatic heterocycles. The number of amides is 1. The zero-order chi connectivity index (χ0) is 16.1. The fraction of sp³-hybridized carbons (Fsp3) is 0.167. The summed E-state index contributed by atoms with van der Waals surface area (Å²) < 4.78 is 6.79. The summed E-state index contributed by atoms with van der Waals surface area (Å²) in [5.74, 6) is 1.63. The number of rotatable bonds is 6. The molecule has 0 fully saturated rings. The molecule has 118 valence electrons. The van der Waals surface area contributed by atoms with Crippen LogP contribution in [0.5, 0.6) is 0 Å². The van der Waals surface area contributed by atoms with Gasteiger partial charge in [0.1, 0.15) is 11.5 Å². The third-order valence-corrected chi connectivity index (χ3v) is 5.12. The Bertz CT molecular complexity index is 780. The van der Waals surface area contributed by atoms with Gasteiger partial charge in [-0.25, -0.2) is 0 Å². The first kappa shape index (κ1) is 16.0. The van der Waals surface area contributed by atoms with Gasteiger partial charge >= 0.3 is 0 Å². The lowest BCUT2D eigenvalue weighted by molar-refractivity contribution is -0.121. The average Bonchev–Trinajstić information content (AvgIpc) is 3.23. The van der Waals surface area contributed by atoms with Gasteiger partial charge in [-0.15, -0.1) is 11.3 Å². The zero-order valence-electron chi connectivity index (χ0n) is 12.4. The lowest BCUT2D eigenvalue weighted by Crippen LogP contribution is -2.22. The summed E-state index contributed by atoms with van der Waals surface area (Å²) in [5.41, 5.74) is 1.14. The molecule has 0 radical (unpaired) electrons. The predicted octanol–water partition coefficient (Wildman–Crippen LogP) is 5.02. The first-order valence-corrected chi connectivity index (χ1v) is 9.02. The highest BCUT2D eigenvalue weighted by molar-refractivity contribution is 9.10. The number of nitrogens with one attached hydrogen (secondary N) is 1. The molecule has 2 heterocycles. The van der Waals surface area contributed by atoms with E-state index < -0.39 is 0 Å². The van der Waals surface area contributed by atoms with E-state index in [1.54, 1.807) is 11.3 Å². The van der Waals surface area contributed by atoms with E-state index in [0.29, 0.717) is 19.4 Å². The van der Waals surface area contributed by atoms with Gasteiger partial charge in [-0.2, -0.15) is 0 Å². The van der Waals surface area contributed by atoms with Gasteiger partial charge in [0.25, 0.3) is 0 Å². The quantitative estimate of drug-likeness (QED) is 0.642. The molecule has 0 aliphatic rings. The summed E-state index contributed by atoms with van der Waals surface area (Å²) in [6.45, 7) is 0.417. The molecule has 5 heteroatoms. The van der Waals surface area contributed by atoms with Crippen LogP contribution in [0.25, 0.3) is 10.6 Å². The van der Waals surface area contributed by atoms with Crippen LogP contribution in [0.15, 0.2) is 62.8 Å². The molecule has 1 amide bonds. The molecule has 23 heavy (non-hydrogen) atoms. The highest BCUT2D eigenvalue weighted by Crippen LogP contribution is 2.26. The van der Waals surface area contributed by atoms with E-state index in [1.807, 2.05) is 53.9 Å². The molecule has 1 N–H and O–H groups in total. The first-order valence-electron chi connectivity index (χ1n) is 7.35. The average molecular weight is 390 g/mol. The van der Waals surface area contributed by atoms with Crippen LogP contribution in [-0.4, -0.2) is 5.91 Å². The SMILES string of the molecule is O=C(CCc1ccccc1Br)NCc1ccc(-c2cccs2)o1. The minimum Gasteiger partial charge on any atom is -0.458 e. The third kappa shape index (κ3) is 4.33. The Morgan fingerprint density at radius 3 is 2.78 bits per heavy atom. The van der Waals surface area contributed by atoms with Gasteiger partial charge < -0.3 is 9.73 Å². The number of hydrogen-bond acceptors (Lipinski definition) is 3. The summed E-state index contributed by atoms with van der Waals surface area (Å²) in [6.07, 6.45) is 1.17. The molecule has 3 aromatic rings. The molecule has 0 atom stereocenters. The maximum Gasteiger partial charge on any atom is 0.220 e. The normalized spacial score (nSPS) is 10.7. The van der Waals surface area contributed by atoms with E-state index in [-0.39, 0.29) is 5.91 Å². The Labute approximate surface area is 147 Å². The number of thiophene rings is 1. The fourth-order valence-electron chi connectivity index (χ4n) is 2.25. The number of carbonyl (C=O) groups is 1. The maximum absolute atomic E-state index is 12.0. The standard InChI is InChI=1S/C18H16BrNO2S/c19-15-5-2-1-4-13(15)7-10-18(21)20-12-14-8-9-16(22-14)17-6-3-11-23-17/h1-6,8-9,11H,7,10,12H2,(H,20,21). The van der Waals surface area contributed by atoms with Crippen molar-refractivity contribution >= 4 is 33.2 Å². The van der Waals surface area contributed by atoms with Crippen molar-refractivity contribution in [1.82, 2.24) is 5.32 Å². The van der Waals surface area contributed by atoms with Crippen molar-refractivity contribution in [3.8, 4) is 10.6 Å². The van der Waals surface area contributed by atoms with E-state index in [9.17, 15) is 4.79 Å². The van der Waals surface area contributed by atoms with E-state index in [0.717, 1.165) is 26.4 Å². The molecule has 0 saturated carbocycles.